The van der Waals surface area contributed by atoms with Crippen LogP contribution in [0.2, 0.25) is 0 Å². The van der Waals surface area contributed by atoms with Gasteiger partial charge >= 0.3 is 0 Å². The molecule has 1 atom stereocenters. The molecule has 0 aliphatic carbocycles. The van der Waals surface area contributed by atoms with Crippen molar-refractivity contribution in [3.63, 3.8) is 0 Å². The van der Waals surface area contributed by atoms with Gasteiger partial charge in [0, 0.05) is 24.2 Å². The zero-order valence-electron chi connectivity index (χ0n) is 15.9. The summed E-state index contributed by atoms with van der Waals surface area (Å²) in [5.74, 6) is -0.523. The average molecular weight is 388 g/mol. The summed E-state index contributed by atoms with van der Waals surface area (Å²) in [6, 6.07) is 17.1. The molecule has 1 aliphatic heterocycles. The molecule has 0 fully saturated rings. The fourth-order valence-corrected chi connectivity index (χ4v) is 3.55. The van der Waals surface area contributed by atoms with E-state index in [0.717, 1.165) is 11.1 Å². The molecule has 2 aromatic carbocycles. The van der Waals surface area contributed by atoms with Gasteiger partial charge in [0.15, 0.2) is 11.5 Å². The van der Waals surface area contributed by atoms with Gasteiger partial charge in [0.2, 0.25) is 5.91 Å². The molecule has 1 aliphatic rings. The maximum absolute atomic E-state index is 13.1. The monoisotopic (exact) mass is 388 g/mol. The minimum Gasteiger partial charge on any atom is -0.459 e. The van der Waals surface area contributed by atoms with Gasteiger partial charge in [-0.1, -0.05) is 36.4 Å². The van der Waals surface area contributed by atoms with E-state index >= 15 is 0 Å². The molecule has 1 N–H and O–H groups in total. The second kappa shape index (κ2) is 7.75. The molecule has 146 valence electrons. The van der Waals surface area contributed by atoms with Crippen molar-refractivity contribution in [3.05, 3.63) is 89.4 Å². The first-order chi connectivity index (χ1) is 14.0. The van der Waals surface area contributed by atoms with Crippen LogP contribution in [0.25, 0.3) is 0 Å². The molecule has 0 saturated heterocycles. The molecule has 6 nitrogen and oxygen atoms in total. The third-order valence-electron chi connectivity index (χ3n) is 5.08. The minimum atomic E-state index is -0.691. The van der Waals surface area contributed by atoms with Gasteiger partial charge in [-0.05, 0) is 42.3 Å². The van der Waals surface area contributed by atoms with Crippen molar-refractivity contribution in [2.75, 3.05) is 5.32 Å². The Balaban J connectivity index is 1.63. The number of nitrogens with one attached hydrogen (secondary N) is 1. The predicted octanol–water partition coefficient (Wildman–Crippen LogP) is 3.69. The Morgan fingerprint density at radius 2 is 1.79 bits per heavy atom. The Morgan fingerprint density at radius 3 is 2.52 bits per heavy atom. The van der Waals surface area contributed by atoms with Gasteiger partial charge in [-0.3, -0.25) is 14.4 Å². The standard InChI is InChI=1S/C23H20N2O4/c1-15(26)16-8-4-9-19(12-16)24-22(27)20-13-17-6-2-3-7-18(17)14-25(20)23(28)21-10-5-11-29-21/h2-12,20H,13-14H2,1H3,(H,24,27). The Bertz CT molecular complexity index is 1070. The topological polar surface area (TPSA) is 79.6 Å². The Hall–Kier alpha value is -3.67. The largest absolute Gasteiger partial charge is 0.459 e. The van der Waals surface area contributed by atoms with E-state index in [1.807, 2.05) is 24.3 Å². The van der Waals surface area contributed by atoms with Crippen LogP contribution in [0.15, 0.2) is 71.3 Å². The van der Waals surface area contributed by atoms with E-state index in [0.29, 0.717) is 24.2 Å². The van der Waals surface area contributed by atoms with Crippen LogP contribution >= 0.6 is 0 Å². The molecule has 0 spiro atoms. The highest BCUT2D eigenvalue weighted by Gasteiger charge is 2.36. The van der Waals surface area contributed by atoms with Crippen LogP contribution in [-0.2, 0) is 17.8 Å². The van der Waals surface area contributed by atoms with Crippen molar-refractivity contribution in [2.24, 2.45) is 0 Å². The molecule has 0 saturated carbocycles. The smallest absolute Gasteiger partial charge is 0.290 e. The number of nitrogens with zero attached hydrogens (tertiary/aromatic N) is 1. The molecule has 2 heterocycles. The maximum atomic E-state index is 13.1. The van der Waals surface area contributed by atoms with E-state index < -0.39 is 6.04 Å². The van der Waals surface area contributed by atoms with E-state index in [-0.39, 0.29) is 23.4 Å². The maximum Gasteiger partial charge on any atom is 0.290 e. The van der Waals surface area contributed by atoms with Crippen LogP contribution in [0.5, 0.6) is 0 Å². The fourth-order valence-electron chi connectivity index (χ4n) is 3.55. The van der Waals surface area contributed by atoms with Gasteiger partial charge in [0.1, 0.15) is 6.04 Å². The lowest BCUT2D eigenvalue weighted by Gasteiger charge is -2.35. The van der Waals surface area contributed by atoms with E-state index in [9.17, 15) is 14.4 Å². The fraction of sp³-hybridized carbons (Fsp3) is 0.174. The van der Waals surface area contributed by atoms with Gasteiger partial charge in [0.05, 0.1) is 6.26 Å². The summed E-state index contributed by atoms with van der Waals surface area (Å²) >= 11 is 0. The quantitative estimate of drug-likeness (QED) is 0.692. The molecular formula is C23H20N2O4. The highest BCUT2D eigenvalue weighted by atomic mass is 16.3. The summed E-state index contributed by atoms with van der Waals surface area (Å²) < 4.78 is 5.26. The van der Waals surface area contributed by atoms with Crippen LogP contribution in [0, 0.1) is 0 Å². The van der Waals surface area contributed by atoms with Gasteiger partial charge in [0.25, 0.3) is 5.91 Å². The summed E-state index contributed by atoms with van der Waals surface area (Å²) in [6.45, 7) is 1.80. The molecule has 6 heteroatoms. The number of ketones is 1. The molecule has 0 radical (unpaired) electrons. The lowest BCUT2D eigenvalue weighted by molar-refractivity contribution is -0.121. The molecule has 29 heavy (non-hydrogen) atoms. The Morgan fingerprint density at radius 1 is 1.00 bits per heavy atom. The van der Waals surface area contributed by atoms with Crippen LogP contribution in [0.4, 0.5) is 5.69 Å². The zero-order chi connectivity index (χ0) is 20.4. The predicted molar refractivity (Wildman–Crippen MR) is 108 cm³/mol. The number of hydrogen-bond donors (Lipinski definition) is 1. The van der Waals surface area contributed by atoms with Crippen molar-refractivity contribution in [1.29, 1.82) is 0 Å². The number of benzene rings is 2. The van der Waals surface area contributed by atoms with Crippen LogP contribution in [0.1, 0.15) is 39.0 Å². The van der Waals surface area contributed by atoms with Crippen molar-refractivity contribution in [3.8, 4) is 0 Å². The van der Waals surface area contributed by atoms with Gasteiger partial charge in [-0.25, -0.2) is 0 Å². The van der Waals surface area contributed by atoms with E-state index in [2.05, 4.69) is 5.32 Å². The number of anilines is 1. The highest BCUT2D eigenvalue weighted by Crippen LogP contribution is 2.26. The van der Waals surface area contributed by atoms with Crippen molar-refractivity contribution >= 4 is 23.3 Å². The van der Waals surface area contributed by atoms with Crippen LogP contribution in [-0.4, -0.2) is 28.5 Å². The van der Waals surface area contributed by atoms with Gasteiger partial charge < -0.3 is 14.6 Å². The van der Waals surface area contributed by atoms with Gasteiger partial charge in [-0.15, -0.1) is 0 Å². The molecule has 2 amide bonds. The van der Waals surface area contributed by atoms with Crippen LogP contribution in [0.3, 0.4) is 0 Å². The number of furan rings is 1. The minimum absolute atomic E-state index is 0.0812. The first-order valence-corrected chi connectivity index (χ1v) is 9.36. The first kappa shape index (κ1) is 18.7. The van der Waals surface area contributed by atoms with E-state index in [4.69, 9.17) is 4.42 Å². The average Bonchev–Trinajstić information content (AvgIpc) is 3.27. The lowest BCUT2D eigenvalue weighted by atomic mass is 9.93. The summed E-state index contributed by atoms with van der Waals surface area (Å²) in [6.07, 6.45) is 1.84. The number of carbonyl (C=O) groups excluding carboxylic acids is 3. The normalized spacial score (nSPS) is 15.5. The molecule has 0 bridgehead atoms. The molecule has 1 unspecified atom stereocenters. The van der Waals surface area contributed by atoms with Crippen molar-refractivity contribution in [1.82, 2.24) is 4.90 Å². The van der Waals surface area contributed by atoms with Crippen molar-refractivity contribution in [2.45, 2.75) is 25.9 Å². The van der Waals surface area contributed by atoms with Crippen molar-refractivity contribution < 1.29 is 18.8 Å². The number of Topliss-reactive ketones (excluding diaryl/α,β-unsaturated/α-hetero) is 1. The molecule has 4 rings (SSSR count). The Labute approximate surface area is 168 Å². The summed E-state index contributed by atoms with van der Waals surface area (Å²) in [4.78, 5) is 39.3. The summed E-state index contributed by atoms with van der Waals surface area (Å²) in [7, 11) is 0. The number of fused-ring (bicyclic) bond motifs is 1. The number of hydrogen-bond acceptors (Lipinski definition) is 4. The summed E-state index contributed by atoms with van der Waals surface area (Å²) in [5.41, 5.74) is 3.08. The lowest BCUT2D eigenvalue weighted by Crippen LogP contribution is -2.50. The second-order valence-corrected chi connectivity index (χ2v) is 7.03. The van der Waals surface area contributed by atoms with E-state index in [1.165, 1.54) is 18.1 Å². The number of carbonyl (C=O) groups is 3. The summed E-state index contributed by atoms with van der Waals surface area (Å²) in [5, 5.41) is 2.85. The SMILES string of the molecule is CC(=O)c1cccc(NC(=O)C2Cc3ccccc3CN2C(=O)c2ccco2)c1. The third-order valence-corrected chi connectivity index (χ3v) is 5.08. The zero-order valence-corrected chi connectivity index (χ0v) is 15.9. The number of amides is 2. The van der Waals surface area contributed by atoms with E-state index in [1.54, 1.807) is 36.4 Å². The van der Waals surface area contributed by atoms with Crippen LogP contribution < -0.4 is 5.32 Å². The molecular weight excluding hydrogens is 368 g/mol. The second-order valence-electron chi connectivity index (χ2n) is 7.03. The van der Waals surface area contributed by atoms with Gasteiger partial charge in [-0.2, -0.15) is 0 Å². The Kier molecular flexibility index (Phi) is 4.99. The number of rotatable bonds is 4. The highest BCUT2D eigenvalue weighted by molar-refractivity contribution is 6.01. The molecule has 3 aromatic rings. The first-order valence-electron chi connectivity index (χ1n) is 9.36. The third kappa shape index (κ3) is 3.82. The molecule has 1 aromatic heterocycles.